The third kappa shape index (κ3) is 13.0. The Labute approximate surface area is 84.3 Å². The van der Waals surface area contributed by atoms with E-state index in [1.165, 1.54) is 13.0 Å². The maximum atomic E-state index is 10.4. The Morgan fingerprint density at radius 1 is 1.43 bits per heavy atom. The minimum atomic E-state index is -0.935. The lowest BCUT2D eigenvalue weighted by Gasteiger charge is -2.02. The van der Waals surface area contributed by atoms with Gasteiger partial charge in [-0.3, -0.25) is 4.79 Å². The summed E-state index contributed by atoms with van der Waals surface area (Å²) in [6.45, 7) is 11.7. The summed E-state index contributed by atoms with van der Waals surface area (Å²) in [7, 11) is 0. The normalized spacial score (nSPS) is 8.29. The van der Waals surface area contributed by atoms with Crippen molar-refractivity contribution in [2.45, 2.75) is 26.8 Å². The molecule has 0 unspecified atom stereocenters. The number of carboxylic acid groups (broad SMARTS) is 1. The largest absolute Gasteiger partial charge is 0.478 e. The van der Waals surface area contributed by atoms with E-state index in [2.05, 4.69) is 18.5 Å². The molecule has 0 heterocycles. The zero-order valence-electron chi connectivity index (χ0n) is 8.83. The summed E-state index contributed by atoms with van der Waals surface area (Å²) in [6, 6.07) is 0.209. The number of rotatable bonds is 3. The molecular weight excluding hydrogens is 182 g/mol. The van der Waals surface area contributed by atoms with Gasteiger partial charge in [0, 0.05) is 11.6 Å². The zero-order valence-corrected chi connectivity index (χ0v) is 8.83. The van der Waals surface area contributed by atoms with Crippen molar-refractivity contribution in [2.75, 3.05) is 0 Å². The van der Waals surface area contributed by atoms with E-state index in [0.717, 1.165) is 0 Å². The Morgan fingerprint density at radius 2 is 1.79 bits per heavy atom. The summed E-state index contributed by atoms with van der Waals surface area (Å²) in [5.41, 5.74) is 0.176. The van der Waals surface area contributed by atoms with Crippen LogP contribution < -0.4 is 5.32 Å². The Kier molecular flexibility index (Phi) is 8.57. The molecule has 80 valence electrons. The van der Waals surface area contributed by atoms with Gasteiger partial charge in [-0.15, -0.1) is 0 Å². The van der Waals surface area contributed by atoms with Gasteiger partial charge in [-0.05, 0) is 26.8 Å². The van der Waals surface area contributed by atoms with E-state index in [1.54, 1.807) is 0 Å². The number of carbonyl (C=O) groups excluding carboxylic acids is 1. The topological polar surface area (TPSA) is 66.4 Å². The predicted molar refractivity (Wildman–Crippen MR) is 55.9 cm³/mol. The van der Waals surface area contributed by atoms with Crippen molar-refractivity contribution in [2.24, 2.45) is 0 Å². The summed E-state index contributed by atoms with van der Waals surface area (Å²) < 4.78 is 0. The van der Waals surface area contributed by atoms with Crippen molar-refractivity contribution < 1.29 is 14.7 Å². The lowest BCUT2D eigenvalue weighted by atomic mass is 10.4. The molecule has 4 nitrogen and oxygen atoms in total. The number of carboxylic acids is 1. The van der Waals surface area contributed by atoms with Gasteiger partial charge < -0.3 is 10.4 Å². The molecule has 0 saturated heterocycles. The first kappa shape index (κ1) is 14.9. The van der Waals surface area contributed by atoms with Crippen LogP contribution in [0.25, 0.3) is 0 Å². The summed E-state index contributed by atoms with van der Waals surface area (Å²) >= 11 is 0. The molecule has 4 heteroatoms. The predicted octanol–water partition coefficient (Wildman–Crippen LogP) is 1.34. The Bertz CT molecular complexity index is 220. The third-order valence-corrected chi connectivity index (χ3v) is 0.981. The van der Waals surface area contributed by atoms with Gasteiger partial charge in [0.05, 0.1) is 0 Å². The number of nitrogens with one attached hydrogen (secondary N) is 1. The highest BCUT2D eigenvalue weighted by molar-refractivity contribution is 5.87. The number of amides is 1. The average molecular weight is 199 g/mol. The fourth-order valence-electron chi connectivity index (χ4n) is 0.343. The van der Waals surface area contributed by atoms with Crippen molar-refractivity contribution in [3.63, 3.8) is 0 Å². The molecule has 0 bridgehead atoms. The first-order chi connectivity index (χ1) is 6.31. The van der Waals surface area contributed by atoms with Crippen LogP contribution in [0.4, 0.5) is 0 Å². The van der Waals surface area contributed by atoms with Gasteiger partial charge in [-0.1, -0.05) is 13.2 Å². The van der Waals surface area contributed by atoms with Gasteiger partial charge >= 0.3 is 5.97 Å². The molecule has 14 heavy (non-hydrogen) atoms. The lowest BCUT2D eigenvalue weighted by molar-refractivity contribution is -0.132. The highest BCUT2D eigenvalue weighted by Gasteiger charge is 1.93. The van der Waals surface area contributed by atoms with Crippen LogP contribution in [0.2, 0.25) is 0 Å². The summed E-state index contributed by atoms with van der Waals surface area (Å²) in [5, 5.41) is 10.5. The maximum Gasteiger partial charge on any atom is 0.330 e. The molecule has 0 saturated carbocycles. The average Bonchev–Trinajstić information content (AvgIpc) is 2.04. The van der Waals surface area contributed by atoms with Crippen molar-refractivity contribution >= 4 is 11.9 Å². The first-order valence-electron chi connectivity index (χ1n) is 4.13. The number of hydrogen-bond acceptors (Lipinski definition) is 2. The Hall–Kier alpha value is -1.58. The molecule has 0 spiro atoms. The first-order valence-corrected chi connectivity index (χ1v) is 4.13. The van der Waals surface area contributed by atoms with Gasteiger partial charge in [0.2, 0.25) is 5.91 Å². The van der Waals surface area contributed by atoms with Crippen LogP contribution in [0.3, 0.4) is 0 Å². The molecule has 0 aromatic heterocycles. The molecule has 1 amide bonds. The maximum absolute atomic E-state index is 10.4. The van der Waals surface area contributed by atoms with E-state index >= 15 is 0 Å². The fourth-order valence-corrected chi connectivity index (χ4v) is 0.343. The summed E-state index contributed by atoms with van der Waals surface area (Å²) in [5.74, 6) is -1.05. The Morgan fingerprint density at radius 3 is 1.86 bits per heavy atom. The van der Waals surface area contributed by atoms with Crippen LogP contribution >= 0.6 is 0 Å². The standard InChI is InChI=1S/C6H11NO.C4H6O2/c1-4-6(8)7-5(2)3;1-3(2)4(5)6/h4-5H,1H2,2-3H3,(H,7,8);1H2,2H3,(H,5,6). The van der Waals surface area contributed by atoms with Crippen molar-refractivity contribution in [1.29, 1.82) is 0 Å². The van der Waals surface area contributed by atoms with E-state index in [-0.39, 0.29) is 17.5 Å². The second kappa shape index (κ2) is 8.04. The molecule has 0 fully saturated rings. The number of hydrogen-bond donors (Lipinski definition) is 2. The second-order valence-corrected chi connectivity index (χ2v) is 2.95. The van der Waals surface area contributed by atoms with Gasteiger partial charge in [0.15, 0.2) is 0 Å². The highest BCUT2D eigenvalue weighted by atomic mass is 16.4. The molecule has 0 aromatic carbocycles. The van der Waals surface area contributed by atoms with E-state index in [0.29, 0.717) is 0 Å². The molecular formula is C10H17NO3. The minimum absolute atomic E-state index is 0.111. The van der Waals surface area contributed by atoms with Crippen molar-refractivity contribution in [3.8, 4) is 0 Å². The minimum Gasteiger partial charge on any atom is -0.478 e. The van der Waals surface area contributed by atoms with Crippen molar-refractivity contribution in [3.05, 3.63) is 24.8 Å². The van der Waals surface area contributed by atoms with E-state index in [4.69, 9.17) is 5.11 Å². The van der Waals surface area contributed by atoms with Crippen LogP contribution in [-0.2, 0) is 9.59 Å². The van der Waals surface area contributed by atoms with Crippen LogP contribution in [0, 0.1) is 0 Å². The summed E-state index contributed by atoms with van der Waals surface area (Å²) in [4.78, 5) is 20.0. The van der Waals surface area contributed by atoms with Gasteiger partial charge in [-0.2, -0.15) is 0 Å². The van der Waals surface area contributed by atoms with Crippen molar-refractivity contribution in [1.82, 2.24) is 5.32 Å². The smallest absolute Gasteiger partial charge is 0.330 e. The second-order valence-electron chi connectivity index (χ2n) is 2.95. The molecule has 0 aliphatic carbocycles. The third-order valence-electron chi connectivity index (χ3n) is 0.981. The molecule has 0 radical (unpaired) electrons. The van der Waals surface area contributed by atoms with Crippen LogP contribution in [0.1, 0.15) is 20.8 Å². The van der Waals surface area contributed by atoms with Crippen LogP contribution in [-0.4, -0.2) is 23.0 Å². The van der Waals surface area contributed by atoms with E-state index in [1.807, 2.05) is 13.8 Å². The van der Waals surface area contributed by atoms with Gasteiger partial charge in [-0.25, -0.2) is 4.79 Å². The quantitative estimate of drug-likeness (QED) is 0.674. The molecule has 0 aromatic rings. The number of aliphatic carboxylic acids is 1. The highest BCUT2D eigenvalue weighted by Crippen LogP contribution is 1.81. The van der Waals surface area contributed by atoms with Crippen LogP contribution in [0.15, 0.2) is 24.8 Å². The monoisotopic (exact) mass is 199 g/mol. The molecule has 0 aliphatic heterocycles. The summed E-state index contributed by atoms with van der Waals surface area (Å²) in [6.07, 6.45) is 1.26. The SMILES string of the molecule is C=C(C)C(=O)O.C=CC(=O)NC(C)C. The van der Waals surface area contributed by atoms with E-state index in [9.17, 15) is 9.59 Å². The number of carbonyl (C=O) groups is 2. The molecule has 0 atom stereocenters. The molecule has 2 N–H and O–H groups in total. The van der Waals surface area contributed by atoms with E-state index < -0.39 is 5.97 Å². The van der Waals surface area contributed by atoms with Crippen LogP contribution in [0.5, 0.6) is 0 Å². The molecule has 0 rings (SSSR count). The lowest BCUT2D eigenvalue weighted by Crippen LogP contribution is -2.27. The van der Waals surface area contributed by atoms with Gasteiger partial charge in [0.25, 0.3) is 0 Å². The zero-order chi connectivity index (χ0) is 11.7. The molecule has 0 aliphatic rings. The van der Waals surface area contributed by atoms with Gasteiger partial charge in [0.1, 0.15) is 0 Å². The fraction of sp³-hybridized carbons (Fsp3) is 0.400. The Balaban J connectivity index is 0.